The summed E-state index contributed by atoms with van der Waals surface area (Å²) in [5, 5.41) is 20.4. The molecule has 0 radical (unpaired) electrons. The molecule has 2 N–H and O–H groups in total. The molecule has 29 heavy (non-hydrogen) atoms. The Balaban J connectivity index is 1.96. The van der Waals surface area contributed by atoms with Crippen LogP contribution in [0.5, 0.6) is 5.75 Å². The number of benzene rings is 3. The highest BCUT2D eigenvalue weighted by Gasteiger charge is 2.47. The molecular formula is C23H16FNO4. The second-order valence-corrected chi connectivity index (χ2v) is 6.61. The van der Waals surface area contributed by atoms with Gasteiger partial charge in [-0.2, -0.15) is 0 Å². The zero-order chi connectivity index (χ0) is 20.5. The van der Waals surface area contributed by atoms with Crippen molar-refractivity contribution in [2.24, 2.45) is 0 Å². The number of nitrogens with zero attached hydrogens (tertiary/aromatic N) is 1. The third-order valence-corrected chi connectivity index (χ3v) is 4.78. The number of aliphatic hydroxyl groups excluding tert-OH is 1. The van der Waals surface area contributed by atoms with Gasteiger partial charge in [0.25, 0.3) is 11.7 Å². The minimum absolute atomic E-state index is 0.00285. The Morgan fingerprint density at radius 1 is 0.897 bits per heavy atom. The summed E-state index contributed by atoms with van der Waals surface area (Å²) in [5.41, 5.74) is 0.929. The summed E-state index contributed by atoms with van der Waals surface area (Å²) >= 11 is 0. The zero-order valence-corrected chi connectivity index (χ0v) is 15.1. The lowest BCUT2D eigenvalue weighted by Crippen LogP contribution is -2.29. The fraction of sp³-hybridized carbons (Fsp3) is 0.0435. The summed E-state index contributed by atoms with van der Waals surface area (Å²) in [4.78, 5) is 27.0. The molecule has 0 aromatic heterocycles. The number of halogens is 1. The number of aliphatic hydroxyl groups is 1. The van der Waals surface area contributed by atoms with Crippen LogP contribution in [0.4, 0.5) is 10.1 Å². The van der Waals surface area contributed by atoms with E-state index in [1.54, 1.807) is 36.4 Å². The highest BCUT2D eigenvalue weighted by molar-refractivity contribution is 6.51. The van der Waals surface area contributed by atoms with Gasteiger partial charge in [-0.1, -0.05) is 42.5 Å². The van der Waals surface area contributed by atoms with Crippen LogP contribution in [0.1, 0.15) is 17.2 Å². The number of aromatic hydroxyl groups is 1. The van der Waals surface area contributed by atoms with Gasteiger partial charge in [0.15, 0.2) is 0 Å². The van der Waals surface area contributed by atoms with Gasteiger partial charge < -0.3 is 10.2 Å². The third-order valence-electron chi connectivity index (χ3n) is 4.78. The Morgan fingerprint density at radius 2 is 1.59 bits per heavy atom. The molecule has 1 fully saturated rings. The SMILES string of the molecule is O=C1C(=O)N(c2ccc(O)cc2)[C@H](c2cccc(F)c2)/C1=C(\O)c1ccccc1. The number of amides is 1. The standard InChI is InChI=1S/C23H16FNO4/c24-16-8-4-7-15(13-16)20-19(21(27)14-5-2-1-3-6-14)22(28)23(29)25(20)17-9-11-18(26)12-10-17/h1-13,20,26-27H/b21-19+/t20-/m1/s1. The molecule has 0 bridgehead atoms. The van der Waals surface area contributed by atoms with Crippen molar-refractivity contribution >= 4 is 23.1 Å². The molecule has 6 heteroatoms. The molecule has 1 atom stereocenters. The number of ketones is 1. The average Bonchev–Trinajstić information content (AvgIpc) is 3.00. The zero-order valence-electron chi connectivity index (χ0n) is 15.1. The van der Waals surface area contributed by atoms with E-state index < -0.39 is 23.5 Å². The molecule has 1 aliphatic rings. The molecular weight excluding hydrogens is 373 g/mol. The average molecular weight is 389 g/mol. The van der Waals surface area contributed by atoms with Gasteiger partial charge in [-0.15, -0.1) is 0 Å². The first kappa shape index (κ1) is 18.4. The van der Waals surface area contributed by atoms with Crippen LogP contribution in [-0.2, 0) is 9.59 Å². The van der Waals surface area contributed by atoms with E-state index in [9.17, 15) is 24.2 Å². The van der Waals surface area contributed by atoms with Crippen molar-refractivity contribution in [2.75, 3.05) is 4.90 Å². The molecule has 5 nitrogen and oxygen atoms in total. The van der Waals surface area contributed by atoms with E-state index >= 15 is 0 Å². The van der Waals surface area contributed by atoms with Crippen LogP contribution in [0.25, 0.3) is 5.76 Å². The molecule has 0 saturated carbocycles. The molecule has 4 rings (SSSR count). The summed E-state index contributed by atoms with van der Waals surface area (Å²) in [6.45, 7) is 0. The predicted octanol–water partition coefficient (Wildman–Crippen LogP) is 4.16. The lowest BCUT2D eigenvalue weighted by molar-refractivity contribution is -0.132. The monoisotopic (exact) mass is 389 g/mol. The van der Waals surface area contributed by atoms with E-state index in [-0.39, 0.29) is 17.1 Å². The van der Waals surface area contributed by atoms with Gasteiger partial charge in [0, 0.05) is 11.3 Å². The predicted molar refractivity (Wildman–Crippen MR) is 106 cm³/mol. The highest BCUT2D eigenvalue weighted by atomic mass is 19.1. The van der Waals surface area contributed by atoms with Gasteiger partial charge in [0.1, 0.15) is 17.3 Å². The van der Waals surface area contributed by atoms with Crippen molar-refractivity contribution in [3.8, 4) is 5.75 Å². The Morgan fingerprint density at radius 3 is 2.24 bits per heavy atom. The normalized spacial score (nSPS) is 18.2. The molecule has 1 saturated heterocycles. The third kappa shape index (κ3) is 3.25. The smallest absolute Gasteiger partial charge is 0.300 e. The summed E-state index contributed by atoms with van der Waals surface area (Å²) in [7, 11) is 0. The Hall–Kier alpha value is -3.93. The molecule has 0 unspecified atom stereocenters. The lowest BCUT2D eigenvalue weighted by atomic mass is 9.95. The number of hydrogen-bond donors (Lipinski definition) is 2. The van der Waals surface area contributed by atoms with Gasteiger partial charge in [-0.25, -0.2) is 4.39 Å². The van der Waals surface area contributed by atoms with Crippen LogP contribution in [0.2, 0.25) is 0 Å². The minimum atomic E-state index is -1.02. The van der Waals surface area contributed by atoms with E-state index in [0.29, 0.717) is 16.8 Å². The number of rotatable bonds is 3. The van der Waals surface area contributed by atoms with Crippen molar-refractivity contribution in [3.63, 3.8) is 0 Å². The van der Waals surface area contributed by atoms with Gasteiger partial charge in [-0.3, -0.25) is 14.5 Å². The van der Waals surface area contributed by atoms with Crippen LogP contribution < -0.4 is 4.90 Å². The number of hydrogen-bond acceptors (Lipinski definition) is 4. The largest absolute Gasteiger partial charge is 0.508 e. The first-order chi connectivity index (χ1) is 14.0. The maximum Gasteiger partial charge on any atom is 0.300 e. The van der Waals surface area contributed by atoms with Crippen molar-refractivity contribution in [1.82, 2.24) is 0 Å². The quantitative estimate of drug-likeness (QED) is 0.401. The number of carbonyl (C=O) groups is 2. The fourth-order valence-corrected chi connectivity index (χ4v) is 3.46. The van der Waals surface area contributed by atoms with E-state index in [2.05, 4.69) is 0 Å². The van der Waals surface area contributed by atoms with Gasteiger partial charge in [-0.05, 0) is 42.0 Å². The number of phenolic OH excluding ortho intramolecular Hbond substituents is 1. The summed E-state index contributed by atoms with van der Waals surface area (Å²) < 4.78 is 13.9. The molecule has 1 heterocycles. The van der Waals surface area contributed by atoms with Crippen LogP contribution in [0.3, 0.4) is 0 Å². The maximum absolute atomic E-state index is 13.9. The maximum atomic E-state index is 13.9. The molecule has 1 aliphatic heterocycles. The fourth-order valence-electron chi connectivity index (χ4n) is 3.46. The Bertz CT molecular complexity index is 1120. The van der Waals surface area contributed by atoms with Crippen LogP contribution >= 0.6 is 0 Å². The van der Waals surface area contributed by atoms with E-state index in [0.717, 1.165) is 0 Å². The Labute approximate surface area is 166 Å². The second-order valence-electron chi connectivity index (χ2n) is 6.61. The molecule has 0 spiro atoms. The Kier molecular flexibility index (Phi) is 4.60. The molecule has 3 aromatic carbocycles. The minimum Gasteiger partial charge on any atom is -0.508 e. The molecule has 144 valence electrons. The van der Waals surface area contributed by atoms with Gasteiger partial charge in [0.05, 0.1) is 11.6 Å². The highest BCUT2D eigenvalue weighted by Crippen LogP contribution is 2.42. The number of carbonyl (C=O) groups excluding carboxylic acids is 2. The number of Topliss-reactive ketones (excluding diaryl/α,β-unsaturated/α-hetero) is 1. The van der Waals surface area contributed by atoms with E-state index in [1.165, 1.54) is 47.4 Å². The topological polar surface area (TPSA) is 77.8 Å². The second kappa shape index (κ2) is 7.24. The number of anilines is 1. The van der Waals surface area contributed by atoms with Gasteiger partial charge >= 0.3 is 0 Å². The molecule has 3 aromatic rings. The molecule has 0 aliphatic carbocycles. The van der Waals surface area contributed by atoms with Crippen molar-refractivity contribution in [2.45, 2.75) is 6.04 Å². The van der Waals surface area contributed by atoms with Crippen LogP contribution in [0.15, 0.2) is 84.4 Å². The summed E-state index contributed by atoms with van der Waals surface area (Å²) in [6, 6.07) is 18.6. The van der Waals surface area contributed by atoms with Crippen molar-refractivity contribution in [3.05, 3.63) is 101 Å². The van der Waals surface area contributed by atoms with Crippen molar-refractivity contribution < 1.29 is 24.2 Å². The first-order valence-electron chi connectivity index (χ1n) is 8.88. The molecule has 1 amide bonds. The number of phenols is 1. The van der Waals surface area contributed by atoms with E-state index in [1.807, 2.05) is 0 Å². The van der Waals surface area contributed by atoms with Crippen LogP contribution in [-0.4, -0.2) is 21.9 Å². The first-order valence-corrected chi connectivity index (χ1v) is 8.88. The lowest BCUT2D eigenvalue weighted by Gasteiger charge is -2.25. The van der Waals surface area contributed by atoms with Crippen molar-refractivity contribution in [1.29, 1.82) is 0 Å². The van der Waals surface area contributed by atoms with Crippen LogP contribution in [0, 0.1) is 5.82 Å². The van der Waals surface area contributed by atoms with E-state index in [4.69, 9.17) is 0 Å². The summed E-state index contributed by atoms with van der Waals surface area (Å²) in [5.74, 6) is -2.58. The summed E-state index contributed by atoms with van der Waals surface area (Å²) in [6.07, 6.45) is 0. The van der Waals surface area contributed by atoms with Gasteiger partial charge in [0.2, 0.25) is 0 Å².